The van der Waals surface area contributed by atoms with Gasteiger partial charge in [0.2, 0.25) is 0 Å². The van der Waals surface area contributed by atoms with E-state index in [0.717, 1.165) is 32.1 Å². The SMILES string of the molecule is C[C@@H]1CC[C@]2(CO)CCCC[C@]12O. The maximum absolute atomic E-state index is 10.6. The molecule has 0 aromatic heterocycles. The first-order valence-corrected chi connectivity index (χ1v) is 5.48. The summed E-state index contributed by atoms with van der Waals surface area (Å²) in [6.45, 7) is 2.30. The molecule has 3 atom stereocenters. The third-order valence-electron chi connectivity index (χ3n) is 4.56. The van der Waals surface area contributed by atoms with Crippen LogP contribution in [0.3, 0.4) is 0 Å². The Morgan fingerprint density at radius 2 is 1.92 bits per heavy atom. The van der Waals surface area contributed by atoms with Crippen molar-refractivity contribution in [3.05, 3.63) is 0 Å². The second-order valence-electron chi connectivity index (χ2n) is 5.01. The van der Waals surface area contributed by atoms with Crippen LogP contribution >= 0.6 is 0 Å². The van der Waals surface area contributed by atoms with Crippen LogP contribution in [0.15, 0.2) is 0 Å². The van der Waals surface area contributed by atoms with Crippen molar-refractivity contribution >= 4 is 0 Å². The molecule has 0 bridgehead atoms. The lowest BCUT2D eigenvalue weighted by Gasteiger charge is -2.47. The van der Waals surface area contributed by atoms with Gasteiger partial charge in [0.25, 0.3) is 0 Å². The van der Waals surface area contributed by atoms with Crippen molar-refractivity contribution in [1.29, 1.82) is 0 Å². The van der Waals surface area contributed by atoms with Crippen LogP contribution < -0.4 is 0 Å². The first-order chi connectivity index (χ1) is 6.15. The summed E-state index contributed by atoms with van der Waals surface area (Å²) >= 11 is 0. The second-order valence-corrected chi connectivity index (χ2v) is 5.01. The Labute approximate surface area is 80.0 Å². The smallest absolute Gasteiger partial charge is 0.0751 e. The number of hydrogen-bond donors (Lipinski definition) is 2. The zero-order valence-corrected chi connectivity index (χ0v) is 8.42. The van der Waals surface area contributed by atoms with Gasteiger partial charge >= 0.3 is 0 Å². The fourth-order valence-corrected chi connectivity index (χ4v) is 3.48. The van der Waals surface area contributed by atoms with Gasteiger partial charge in [-0.15, -0.1) is 0 Å². The van der Waals surface area contributed by atoms with E-state index in [0.29, 0.717) is 5.92 Å². The number of hydrogen-bond acceptors (Lipinski definition) is 2. The molecule has 0 aromatic carbocycles. The summed E-state index contributed by atoms with van der Waals surface area (Å²) in [5.41, 5.74) is -0.704. The van der Waals surface area contributed by atoms with Crippen LogP contribution in [0.1, 0.15) is 45.4 Å². The Bertz CT molecular complexity index is 194. The largest absolute Gasteiger partial charge is 0.396 e. The quantitative estimate of drug-likeness (QED) is 0.651. The lowest BCUT2D eigenvalue weighted by molar-refractivity contribution is -0.134. The van der Waals surface area contributed by atoms with Crippen molar-refractivity contribution in [3.8, 4) is 0 Å². The van der Waals surface area contributed by atoms with E-state index in [9.17, 15) is 10.2 Å². The average Bonchev–Trinajstić information content (AvgIpc) is 2.41. The minimum absolute atomic E-state index is 0.148. The van der Waals surface area contributed by atoms with Gasteiger partial charge in [0, 0.05) is 5.41 Å². The molecule has 0 aromatic rings. The fourth-order valence-electron chi connectivity index (χ4n) is 3.48. The molecular formula is C11H20O2. The van der Waals surface area contributed by atoms with Crippen molar-refractivity contribution in [2.45, 2.75) is 51.0 Å². The van der Waals surface area contributed by atoms with E-state index in [1.54, 1.807) is 0 Å². The van der Waals surface area contributed by atoms with Crippen molar-refractivity contribution in [3.63, 3.8) is 0 Å². The Morgan fingerprint density at radius 3 is 2.54 bits per heavy atom. The Hall–Kier alpha value is -0.0800. The van der Waals surface area contributed by atoms with E-state index in [2.05, 4.69) is 6.92 Å². The summed E-state index contributed by atoms with van der Waals surface area (Å²) in [5, 5.41) is 20.0. The monoisotopic (exact) mass is 184 g/mol. The maximum Gasteiger partial charge on any atom is 0.0751 e. The van der Waals surface area contributed by atoms with Crippen LogP contribution in [0.25, 0.3) is 0 Å². The van der Waals surface area contributed by atoms with E-state index in [-0.39, 0.29) is 12.0 Å². The van der Waals surface area contributed by atoms with E-state index in [4.69, 9.17) is 0 Å². The number of fused-ring (bicyclic) bond motifs is 1. The third kappa shape index (κ3) is 1.08. The second kappa shape index (κ2) is 2.96. The van der Waals surface area contributed by atoms with Crippen LogP contribution in [0.4, 0.5) is 0 Å². The molecule has 0 radical (unpaired) electrons. The predicted molar refractivity (Wildman–Crippen MR) is 51.3 cm³/mol. The highest BCUT2D eigenvalue weighted by Gasteiger charge is 2.57. The first-order valence-electron chi connectivity index (χ1n) is 5.48. The Morgan fingerprint density at radius 1 is 1.23 bits per heavy atom. The molecule has 2 aliphatic rings. The van der Waals surface area contributed by atoms with Gasteiger partial charge in [-0.05, 0) is 31.6 Å². The molecule has 2 saturated carbocycles. The number of aliphatic hydroxyl groups is 2. The molecule has 0 saturated heterocycles. The molecule has 2 nitrogen and oxygen atoms in total. The summed E-state index contributed by atoms with van der Waals surface area (Å²) < 4.78 is 0. The summed E-state index contributed by atoms with van der Waals surface area (Å²) in [6, 6.07) is 0. The third-order valence-corrected chi connectivity index (χ3v) is 4.56. The zero-order valence-electron chi connectivity index (χ0n) is 8.42. The maximum atomic E-state index is 10.6. The molecule has 2 heteroatoms. The Balaban J connectivity index is 2.30. The van der Waals surface area contributed by atoms with Crippen molar-refractivity contribution < 1.29 is 10.2 Å². The van der Waals surface area contributed by atoms with Gasteiger partial charge < -0.3 is 10.2 Å². The summed E-state index contributed by atoms with van der Waals surface area (Å²) in [5.74, 6) is 0.375. The van der Waals surface area contributed by atoms with E-state index in [1.807, 2.05) is 0 Å². The first kappa shape index (κ1) is 9.47. The summed E-state index contributed by atoms with van der Waals surface area (Å²) in [7, 11) is 0. The molecule has 0 amide bonds. The van der Waals surface area contributed by atoms with Gasteiger partial charge in [0.05, 0.1) is 12.2 Å². The average molecular weight is 184 g/mol. The van der Waals surface area contributed by atoms with Crippen LogP contribution in [-0.4, -0.2) is 22.4 Å². The Kier molecular flexibility index (Phi) is 2.16. The lowest BCUT2D eigenvalue weighted by atomic mass is 9.63. The predicted octanol–water partition coefficient (Wildman–Crippen LogP) is 1.70. The number of aliphatic hydroxyl groups excluding tert-OH is 1. The molecule has 0 spiro atoms. The molecule has 76 valence electrons. The van der Waals surface area contributed by atoms with Crippen molar-refractivity contribution in [2.24, 2.45) is 11.3 Å². The van der Waals surface area contributed by atoms with Gasteiger partial charge in [0.15, 0.2) is 0 Å². The molecule has 0 heterocycles. The standard InChI is InChI=1S/C11H20O2/c1-9-4-7-10(8-12)5-2-3-6-11(9,10)13/h9,12-13H,2-8H2,1H3/t9-,10+,11+/m1/s1. The minimum Gasteiger partial charge on any atom is -0.396 e. The van der Waals surface area contributed by atoms with E-state index < -0.39 is 5.60 Å². The molecule has 0 unspecified atom stereocenters. The highest BCUT2D eigenvalue weighted by atomic mass is 16.3. The summed E-state index contributed by atoms with van der Waals surface area (Å²) in [6.07, 6.45) is 6.31. The van der Waals surface area contributed by atoms with Gasteiger partial charge in [-0.1, -0.05) is 19.8 Å². The molecule has 2 N–H and O–H groups in total. The van der Waals surface area contributed by atoms with E-state index in [1.165, 1.54) is 6.42 Å². The van der Waals surface area contributed by atoms with Gasteiger partial charge in [-0.3, -0.25) is 0 Å². The van der Waals surface area contributed by atoms with Crippen molar-refractivity contribution in [2.75, 3.05) is 6.61 Å². The van der Waals surface area contributed by atoms with Gasteiger partial charge in [-0.25, -0.2) is 0 Å². The molecule has 0 aliphatic heterocycles. The number of rotatable bonds is 1. The highest BCUT2D eigenvalue weighted by molar-refractivity contribution is 5.08. The molecule has 2 rings (SSSR count). The lowest BCUT2D eigenvalue weighted by Crippen LogP contribution is -2.51. The van der Waals surface area contributed by atoms with Gasteiger partial charge in [0.1, 0.15) is 0 Å². The topological polar surface area (TPSA) is 40.5 Å². The normalized spacial score (nSPS) is 50.5. The van der Waals surface area contributed by atoms with Crippen molar-refractivity contribution in [1.82, 2.24) is 0 Å². The summed E-state index contributed by atoms with van der Waals surface area (Å²) in [4.78, 5) is 0. The molecule has 2 aliphatic carbocycles. The molecular weight excluding hydrogens is 164 g/mol. The minimum atomic E-state index is -0.556. The van der Waals surface area contributed by atoms with E-state index >= 15 is 0 Å². The molecule has 13 heavy (non-hydrogen) atoms. The fraction of sp³-hybridized carbons (Fsp3) is 1.00. The van der Waals surface area contributed by atoms with Crippen LogP contribution in [0.2, 0.25) is 0 Å². The highest BCUT2D eigenvalue weighted by Crippen LogP contribution is 2.57. The van der Waals surface area contributed by atoms with Crippen LogP contribution in [0.5, 0.6) is 0 Å². The molecule has 2 fully saturated rings. The van der Waals surface area contributed by atoms with Crippen LogP contribution in [-0.2, 0) is 0 Å². The van der Waals surface area contributed by atoms with Crippen LogP contribution in [0, 0.1) is 11.3 Å². The van der Waals surface area contributed by atoms with Gasteiger partial charge in [-0.2, -0.15) is 0 Å². The zero-order chi connectivity index (χ0) is 9.53.